The number of hydrogen-bond donors (Lipinski definition) is 0. The van der Waals surface area contributed by atoms with Crippen LogP contribution in [0.3, 0.4) is 0 Å². The van der Waals surface area contributed by atoms with Crippen molar-refractivity contribution in [3.63, 3.8) is 0 Å². The number of hydrogen-bond acceptors (Lipinski definition) is 12. The van der Waals surface area contributed by atoms with Gasteiger partial charge in [0.05, 0.1) is 36.2 Å². The van der Waals surface area contributed by atoms with Crippen LogP contribution in [0, 0.1) is 0 Å². The third kappa shape index (κ3) is 7.88. The number of benzene rings is 8. The largest absolute Gasteiger partial charge is 0.294 e. The number of rotatable bonds is 12. The van der Waals surface area contributed by atoms with E-state index in [0.29, 0.717) is 17.5 Å². The first-order valence-corrected chi connectivity index (χ1v) is 24.7. The number of nitrogens with zero attached hydrogens (tertiary/aromatic N) is 12. The Morgan fingerprint density at radius 3 is 1.09 bits per heavy atom. The molecule has 4 heterocycles. The summed E-state index contributed by atoms with van der Waals surface area (Å²) in [4.78, 5) is 46.9. The summed E-state index contributed by atoms with van der Waals surface area (Å²) in [5.41, 5.74) is 11.7. The fraction of sp³-hybridized carbons (Fsp3) is 0.0476. The zero-order valence-corrected chi connectivity index (χ0v) is 41.0. The molecule has 0 aliphatic heterocycles. The molecule has 75 heavy (non-hydrogen) atoms. The molecule has 12 aromatic rings. The molecule has 0 fully saturated rings. The Morgan fingerprint density at radius 2 is 0.653 bits per heavy atom. The minimum atomic E-state index is -0.461. The van der Waals surface area contributed by atoms with Gasteiger partial charge >= 0.3 is 0 Å². The van der Waals surface area contributed by atoms with E-state index in [0.717, 1.165) is 84.0 Å². The van der Waals surface area contributed by atoms with Crippen LogP contribution >= 0.6 is 0 Å². The van der Waals surface area contributed by atoms with Crippen molar-refractivity contribution in [1.82, 2.24) is 39.9 Å². The summed E-state index contributed by atoms with van der Waals surface area (Å²) in [7, 11) is 0. The van der Waals surface area contributed by atoms with Crippen LogP contribution in [0.1, 0.15) is 25.0 Å². The van der Waals surface area contributed by atoms with Gasteiger partial charge < -0.3 is 0 Å². The fourth-order valence-electron chi connectivity index (χ4n) is 10.7. The van der Waals surface area contributed by atoms with Crippen molar-refractivity contribution in [3.8, 4) is 11.1 Å². The maximum Gasteiger partial charge on any atom is 0.156 e. The van der Waals surface area contributed by atoms with E-state index in [1.807, 2.05) is 67.1 Å². The van der Waals surface area contributed by atoms with Crippen molar-refractivity contribution in [3.05, 3.63) is 255 Å². The lowest BCUT2D eigenvalue weighted by Crippen LogP contribution is -2.18. The summed E-state index contributed by atoms with van der Waals surface area (Å²) >= 11 is 0. The number of para-hydroxylation sites is 4. The van der Waals surface area contributed by atoms with Crippen molar-refractivity contribution in [2.24, 2.45) is 0 Å². The van der Waals surface area contributed by atoms with Crippen LogP contribution in [0.2, 0.25) is 0 Å². The molecule has 0 N–H and O–H groups in total. The Bertz CT molecular complexity index is 3810. The minimum Gasteiger partial charge on any atom is -0.294 e. The highest BCUT2D eigenvalue weighted by Crippen LogP contribution is 2.57. The standard InChI is InChI=1S/C63H46N12/c1-63(2)55-36-48(73(44-17-9-4-10-18-44)58-40-65-28-32-69-58)23-25-49(55)51-37-53-54(38-56(51)63)61(74(45-19-11-5-12-20-45)59-41-66-29-33-70-59)50-26-24-47(72(43-15-7-3-8-16-43)57-39-64-27-31-68-57)35-52(50)62(53)75(46-21-13-6-14-22-46)60-42-67-30-34-71-60/h3-42H,1-2H3. The lowest BCUT2D eigenvalue weighted by atomic mass is 9.81. The van der Waals surface area contributed by atoms with Gasteiger partial charge in [0.25, 0.3) is 0 Å². The van der Waals surface area contributed by atoms with Crippen molar-refractivity contribution >= 4 is 90.3 Å². The average Bonchev–Trinajstić information content (AvgIpc) is 3.70. The van der Waals surface area contributed by atoms with Gasteiger partial charge in [0.15, 0.2) is 23.3 Å². The molecule has 0 atom stereocenters. The van der Waals surface area contributed by atoms with Crippen molar-refractivity contribution in [2.75, 3.05) is 19.6 Å². The maximum atomic E-state index is 5.05. The molecule has 8 aromatic carbocycles. The Hall–Kier alpha value is -10.2. The summed E-state index contributed by atoms with van der Waals surface area (Å²) in [5, 5.41) is 3.89. The van der Waals surface area contributed by atoms with E-state index in [-0.39, 0.29) is 0 Å². The quantitative estimate of drug-likeness (QED) is 0.0857. The summed E-state index contributed by atoms with van der Waals surface area (Å²) in [6.07, 6.45) is 21.1. The highest BCUT2D eigenvalue weighted by Gasteiger charge is 2.38. The normalized spacial score (nSPS) is 12.2. The van der Waals surface area contributed by atoms with Gasteiger partial charge in [0.2, 0.25) is 0 Å². The molecule has 358 valence electrons. The van der Waals surface area contributed by atoms with Crippen molar-refractivity contribution in [2.45, 2.75) is 19.3 Å². The molecule has 0 saturated carbocycles. The van der Waals surface area contributed by atoms with E-state index < -0.39 is 5.41 Å². The molecule has 0 radical (unpaired) electrons. The number of fused-ring (bicyclic) bond motifs is 5. The van der Waals surface area contributed by atoms with E-state index in [1.165, 1.54) is 11.1 Å². The minimum absolute atomic E-state index is 0.461. The second-order valence-corrected chi connectivity index (χ2v) is 18.7. The molecule has 0 unspecified atom stereocenters. The Kier molecular flexibility index (Phi) is 11.2. The second kappa shape index (κ2) is 18.8. The monoisotopic (exact) mass is 970 g/mol. The molecule has 0 saturated heterocycles. The first-order chi connectivity index (χ1) is 37.0. The summed E-state index contributed by atoms with van der Waals surface area (Å²) < 4.78 is 0. The third-order valence-corrected chi connectivity index (χ3v) is 14.0. The molecule has 0 spiro atoms. The van der Waals surface area contributed by atoms with Gasteiger partial charge in [-0.1, -0.05) is 98.8 Å². The number of anilines is 12. The van der Waals surface area contributed by atoms with E-state index in [2.05, 4.69) is 175 Å². The molecule has 12 nitrogen and oxygen atoms in total. The Morgan fingerprint density at radius 1 is 0.293 bits per heavy atom. The van der Waals surface area contributed by atoms with E-state index >= 15 is 0 Å². The zero-order chi connectivity index (χ0) is 50.3. The maximum absolute atomic E-state index is 5.05. The average molecular weight is 971 g/mol. The molecule has 12 heteroatoms. The molecule has 1 aliphatic carbocycles. The molecule has 1 aliphatic rings. The topological polar surface area (TPSA) is 116 Å². The fourth-order valence-corrected chi connectivity index (χ4v) is 10.7. The molecule has 0 amide bonds. The van der Waals surface area contributed by atoms with Gasteiger partial charge in [-0.05, 0) is 107 Å². The smallest absolute Gasteiger partial charge is 0.156 e. The van der Waals surface area contributed by atoms with Crippen LogP contribution in [0.4, 0.5) is 68.8 Å². The summed E-state index contributed by atoms with van der Waals surface area (Å²) in [6.45, 7) is 4.66. The highest BCUT2D eigenvalue weighted by atomic mass is 15.2. The molecule has 0 bridgehead atoms. The first-order valence-electron chi connectivity index (χ1n) is 24.7. The highest BCUT2D eigenvalue weighted by molar-refractivity contribution is 6.24. The van der Waals surface area contributed by atoms with Gasteiger partial charge in [-0.3, -0.25) is 39.5 Å². The lowest BCUT2D eigenvalue weighted by molar-refractivity contribution is 0.661. The molecular formula is C63H46N12. The molecule has 4 aromatic heterocycles. The Balaban J connectivity index is 1.17. The van der Waals surface area contributed by atoms with Gasteiger partial charge in [-0.15, -0.1) is 0 Å². The predicted molar refractivity (Wildman–Crippen MR) is 300 cm³/mol. The van der Waals surface area contributed by atoms with Crippen LogP contribution in [0.5, 0.6) is 0 Å². The number of aromatic nitrogens is 8. The summed E-state index contributed by atoms with van der Waals surface area (Å²) in [5.74, 6) is 2.72. The van der Waals surface area contributed by atoms with E-state index in [9.17, 15) is 0 Å². The van der Waals surface area contributed by atoms with E-state index in [4.69, 9.17) is 19.9 Å². The second-order valence-electron chi connectivity index (χ2n) is 18.7. The van der Waals surface area contributed by atoms with Crippen LogP contribution in [-0.2, 0) is 5.41 Å². The van der Waals surface area contributed by atoms with Gasteiger partial charge in [-0.2, -0.15) is 0 Å². The van der Waals surface area contributed by atoms with Gasteiger partial charge in [0, 0.05) is 111 Å². The zero-order valence-electron chi connectivity index (χ0n) is 41.0. The van der Waals surface area contributed by atoms with Crippen LogP contribution in [0.25, 0.3) is 32.7 Å². The molecule has 13 rings (SSSR count). The first kappa shape index (κ1) is 44.7. The van der Waals surface area contributed by atoms with Crippen LogP contribution < -0.4 is 19.6 Å². The lowest BCUT2D eigenvalue weighted by Gasteiger charge is -2.33. The third-order valence-electron chi connectivity index (χ3n) is 14.0. The predicted octanol–water partition coefficient (Wildman–Crippen LogP) is 15.3. The molecular weight excluding hydrogens is 925 g/mol. The Labute approximate surface area is 433 Å². The SMILES string of the molecule is CC1(C)c2cc(N(c3ccccc3)c3cnccn3)ccc2-c2cc3c(N(c4ccccc4)c4cnccn4)c4cc(N(c5ccccc5)c5cnccn5)ccc4c(N(c4ccccc4)c4cnccn4)c3cc21. The van der Waals surface area contributed by atoms with Crippen molar-refractivity contribution < 1.29 is 0 Å². The van der Waals surface area contributed by atoms with E-state index in [1.54, 1.807) is 55.8 Å². The van der Waals surface area contributed by atoms with Crippen LogP contribution in [-0.4, -0.2) is 39.9 Å². The van der Waals surface area contributed by atoms with Crippen molar-refractivity contribution in [1.29, 1.82) is 0 Å². The van der Waals surface area contributed by atoms with Gasteiger partial charge in [0.1, 0.15) is 0 Å². The van der Waals surface area contributed by atoms with Crippen LogP contribution in [0.15, 0.2) is 244 Å². The van der Waals surface area contributed by atoms with Gasteiger partial charge in [-0.25, -0.2) is 19.9 Å². The summed E-state index contributed by atoms with van der Waals surface area (Å²) in [6, 6.07) is 59.7.